The molecule has 1 atom stereocenters. The number of nitrogens with zero attached hydrogens (tertiary/aromatic N) is 3. The van der Waals surface area contributed by atoms with Crippen LogP contribution in [-0.2, 0) is 20.7 Å². The molecule has 0 aliphatic carbocycles. The minimum Gasteiger partial charge on any atom is -0.463 e. The van der Waals surface area contributed by atoms with Gasteiger partial charge in [0.15, 0.2) is 5.82 Å². The van der Waals surface area contributed by atoms with Gasteiger partial charge in [-0.3, -0.25) is 9.59 Å². The molecule has 0 saturated heterocycles. The molecule has 1 amide bonds. The lowest BCUT2D eigenvalue weighted by Crippen LogP contribution is -2.46. The molecule has 1 aromatic carbocycles. The Kier molecular flexibility index (Phi) is 6.13. The number of methoxy groups -OCH3 is 1. The Bertz CT molecular complexity index is 1020. The van der Waals surface area contributed by atoms with Crippen molar-refractivity contribution < 1.29 is 19.1 Å². The molecule has 3 rings (SSSR count). The number of ether oxygens (including phenoxy) is 1. The van der Waals surface area contributed by atoms with E-state index in [9.17, 15) is 14.4 Å². The first-order valence-corrected chi connectivity index (χ1v) is 8.94. The highest BCUT2D eigenvalue weighted by molar-refractivity contribution is 6.36. The van der Waals surface area contributed by atoms with E-state index in [1.807, 2.05) is 30.3 Å². The number of nitrogens with one attached hydrogen (secondary N) is 1. The number of Topliss-reactive ketones (excluding diaryl/α,β-unsaturated/α-hetero) is 1. The van der Waals surface area contributed by atoms with Crippen LogP contribution in [-0.4, -0.2) is 45.6 Å². The second-order valence-corrected chi connectivity index (χ2v) is 6.34. The van der Waals surface area contributed by atoms with E-state index in [-0.39, 0.29) is 12.1 Å². The molecule has 2 heterocycles. The van der Waals surface area contributed by atoms with Gasteiger partial charge in [-0.1, -0.05) is 36.4 Å². The molecule has 0 bridgehead atoms. The number of amides is 1. The van der Waals surface area contributed by atoms with Crippen molar-refractivity contribution in [2.45, 2.75) is 19.4 Å². The van der Waals surface area contributed by atoms with Crippen molar-refractivity contribution in [2.24, 2.45) is 0 Å². The molecule has 0 aliphatic heterocycles. The standard InChI is InChI=1S/C21H20N4O4/c1-14-12-17(25(24-14)18-10-6-7-11-22-18)20(27)23-16(19(26)21(28)29-2)13-15-8-4-3-5-9-15/h3-12,16H,13H2,1-2H3,(H,23,27). The molecule has 0 aliphatic rings. The van der Waals surface area contributed by atoms with Gasteiger partial charge in [-0.2, -0.15) is 5.10 Å². The summed E-state index contributed by atoms with van der Waals surface area (Å²) in [7, 11) is 1.13. The minimum absolute atomic E-state index is 0.150. The number of hydrogen-bond acceptors (Lipinski definition) is 6. The SMILES string of the molecule is COC(=O)C(=O)C(Cc1ccccc1)NC(=O)c1cc(C)nn1-c1ccccn1. The fourth-order valence-electron chi connectivity index (χ4n) is 2.85. The number of aromatic nitrogens is 3. The number of carbonyl (C=O) groups is 3. The van der Waals surface area contributed by atoms with Gasteiger partial charge in [-0.25, -0.2) is 14.5 Å². The lowest BCUT2D eigenvalue weighted by molar-refractivity contribution is -0.152. The van der Waals surface area contributed by atoms with Gasteiger partial charge in [-0.15, -0.1) is 0 Å². The first kappa shape index (κ1) is 19.9. The summed E-state index contributed by atoms with van der Waals surface area (Å²) in [5.74, 6) is -1.93. The van der Waals surface area contributed by atoms with E-state index in [1.54, 1.807) is 37.4 Å². The van der Waals surface area contributed by atoms with Gasteiger partial charge in [0, 0.05) is 12.6 Å². The highest BCUT2D eigenvalue weighted by atomic mass is 16.5. The van der Waals surface area contributed by atoms with Crippen molar-refractivity contribution in [3.05, 3.63) is 77.7 Å². The Morgan fingerprint density at radius 2 is 1.83 bits per heavy atom. The van der Waals surface area contributed by atoms with Crippen LogP contribution < -0.4 is 5.32 Å². The number of esters is 1. The van der Waals surface area contributed by atoms with Gasteiger partial charge in [0.25, 0.3) is 11.7 Å². The Labute approximate surface area is 167 Å². The smallest absolute Gasteiger partial charge is 0.376 e. The lowest BCUT2D eigenvalue weighted by Gasteiger charge is -2.17. The monoisotopic (exact) mass is 392 g/mol. The van der Waals surface area contributed by atoms with Crippen LogP contribution >= 0.6 is 0 Å². The second kappa shape index (κ2) is 8.92. The summed E-state index contributed by atoms with van der Waals surface area (Å²) in [6.45, 7) is 1.75. The third kappa shape index (κ3) is 4.73. The van der Waals surface area contributed by atoms with Crippen molar-refractivity contribution in [3.8, 4) is 5.82 Å². The average Bonchev–Trinajstić information content (AvgIpc) is 3.15. The van der Waals surface area contributed by atoms with Crippen molar-refractivity contribution >= 4 is 17.7 Å². The van der Waals surface area contributed by atoms with Gasteiger partial charge < -0.3 is 10.1 Å². The van der Waals surface area contributed by atoms with Crippen LogP contribution in [0.4, 0.5) is 0 Å². The summed E-state index contributed by atoms with van der Waals surface area (Å²) in [4.78, 5) is 41.5. The van der Waals surface area contributed by atoms with E-state index < -0.39 is 23.7 Å². The normalized spacial score (nSPS) is 11.5. The van der Waals surface area contributed by atoms with E-state index >= 15 is 0 Å². The van der Waals surface area contributed by atoms with Crippen LogP contribution in [0.15, 0.2) is 60.8 Å². The lowest BCUT2D eigenvalue weighted by atomic mass is 10.0. The predicted octanol–water partition coefficient (Wildman–Crippen LogP) is 1.66. The maximum atomic E-state index is 13.0. The zero-order valence-electron chi connectivity index (χ0n) is 16.0. The Balaban J connectivity index is 1.89. The van der Waals surface area contributed by atoms with Gasteiger partial charge in [0.1, 0.15) is 11.7 Å². The number of pyridine rings is 1. The summed E-state index contributed by atoms with van der Waals surface area (Å²) in [6, 6.07) is 14.9. The molecule has 0 spiro atoms. The summed E-state index contributed by atoms with van der Waals surface area (Å²) in [5, 5.41) is 6.95. The first-order chi connectivity index (χ1) is 14.0. The largest absolute Gasteiger partial charge is 0.463 e. The van der Waals surface area contributed by atoms with E-state index in [2.05, 4.69) is 20.1 Å². The number of benzene rings is 1. The van der Waals surface area contributed by atoms with E-state index in [1.165, 1.54) is 4.68 Å². The number of carbonyl (C=O) groups excluding carboxylic acids is 3. The minimum atomic E-state index is -1.08. The zero-order chi connectivity index (χ0) is 20.8. The Morgan fingerprint density at radius 3 is 2.48 bits per heavy atom. The van der Waals surface area contributed by atoms with Crippen LogP contribution in [0.2, 0.25) is 0 Å². The molecule has 0 radical (unpaired) electrons. The topological polar surface area (TPSA) is 103 Å². The molecule has 8 heteroatoms. The molecular formula is C21H20N4O4. The third-order valence-electron chi connectivity index (χ3n) is 4.22. The number of ketones is 1. The quantitative estimate of drug-likeness (QED) is 0.485. The molecule has 1 N–H and O–H groups in total. The molecular weight excluding hydrogens is 372 g/mol. The number of rotatable bonds is 7. The Hall–Kier alpha value is -3.81. The fourth-order valence-corrected chi connectivity index (χ4v) is 2.85. The molecule has 29 heavy (non-hydrogen) atoms. The van der Waals surface area contributed by atoms with Crippen molar-refractivity contribution in [1.82, 2.24) is 20.1 Å². The second-order valence-electron chi connectivity index (χ2n) is 6.34. The summed E-state index contributed by atoms with van der Waals surface area (Å²) >= 11 is 0. The average molecular weight is 392 g/mol. The van der Waals surface area contributed by atoms with Crippen LogP contribution in [0.1, 0.15) is 21.7 Å². The fraction of sp³-hybridized carbons (Fsp3) is 0.190. The number of aryl methyl sites for hydroxylation is 1. The summed E-state index contributed by atoms with van der Waals surface area (Å²) in [5.41, 5.74) is 1.61. The molecule has 148 valence electrons. The van der Waals surface area contributed by atoms with Crippen molar-refractivity contribution in [2.75, 3.05) is 7.11 Å². The maximum Gasteiger partial charge on any atom is 0.376 e. The zero-order valence-corrected chi connectivity index (χ0v) is 16.0. The molecule has 1 unspecified atom stereocenters. The van der Waals surface area contributed by atoms with Crippen LogP contribution in [0.25, 0.3) is 5.82 Å². The number of hydrogen-bond donors (Lipinski definition) is 1. The van der Waals surface area contributed by atoms with Gasteiger partial charge >= 0.3 is 5.97 Å². The molecule has 2 aromatic heterocycles. The maximum absolute atomic E-state index is 13.0. The Morgan fingerprint density at radius 1 is 1.10 bits per heavy atom. The van der Waals surface area contributed by atoms with Gasteiger partial charge in [0.05, 0.1) is 12.8 Å². The summed E-state index contributed by atoms with van der Waals surface area (Å²) < 4.78 is 5.94. The van der Waals surface area contributed by atoms with Crippen molar-refractivity contribution in [3.63, 3.8) is 0 Å². The van der Waals surface area contributed by atoms with Gasteiger partial charge in [-0.05, 0) is 30.7 Å². The van der Waals surface area contributed by atoms with E-state index in [0.717, 1.165) is 12.7 Å². The highest BCUT2D eigenvalue weighted by Crippen LogP contribution is 2.12. The van der Waals surface area contributed by atoms with Crippen molar-refractivity contribution in [1.29, 1.82) is 0 Å². The first-order valence-electron chi connectivity index (χ1n) is 8.94. The molecule has 0 fully saturated rings. The van der Waals surface area contributed by atoms with E-state index in [4.69, 9.17) is 0 Å². The molecule has 8 nitrogen and oxygen atoms in total. The van der Waals surface area contributed by atoms with E-state index in [0.29, 0.717) is 11.5 Å². The predicted molar refractivity (Wildman–Crippen MR) is 105 cm³/mol. The van der Waals surface area contributed by atoms with Crippen LogP contribution in [0.3, 0.4) is 0 Å². The molecule has 3 aromatic rings. The van der Waals surface area contributed by atoms with Crippen LogP contribution in [0.5, 0.6) is 0 Å². The molecule has 0 saturated carbocycles. The van der Waals surface area contributed by atoms with Crippen LogP contribution in [0, 0.1) is 6.92 Å². The highest BCUT2D eigenvalue weighted by Gasteiger charge is 2.29. The third-order valence-corrected chi connectivity index (χ3v) is 4.22. The summed E-state index contributed by atoms with van der Waals surface area (Å²) in [6.07, 6.45) is 1.74. The van der Waals surface area contributed by atoms with Gasteiger partial charge in [0.2, 0.25) is 0 Å².